The number of carboxylic acid groups (broad SMARTS) is 1. The summed E-state index contributed by atoms with van der Waals surface area (Å²) in [6.45, 7) is 1.50. The van der Waals surface area contributed by atoms with Gasteiger partial charge in [0.2, 0.25) is 0 Å². The van der Waals surface area contributed by atoms with E-state index in [1.807, 2.05) is 24.3 Å². The Balaban J connectivity index is 1.22. The molecule has 2 atom stereocenters. The van der Waals surface area contributed by atoms with Gasteiger partial charge in [0.05, 0.1) is 31.4 Å². The minimum atomic E-state index is -0.918. The SMILES string of the molecule is O=C(OCCc1ccc(C2CCN(C(=O)O)CC2OCc2ccc3ccccc3c2)cc1)c1cccnc1. The summed E-state index contributed by atoms with van der Waals surface area (Å²) in [6, 6.07) is 26.1. The molecule has 5 rings (SSSR count). The van der Waals surface area contributed by atoms with Crippen molar-refractivity contribution in [3.05, 3.63) is 114 Å². The Labute approximate surface area is 221 Å². The van der Waals surface area contributed by atoms with Gasteiger partial charge in [-0.2, -0.15) is 0 Å². The first-order valence-electron chi connectivity index (χ1n) is 12.8. The molecule has 1 N–H and O–H groups in total. The first-order chi connectivity index (χ1) is 18.6. The number of hydrogen-bond donors (Lipinski definition) is 1. The lowest BCUT2D eigenvalue weighted by atomic mass is 9.86. The highest BCUT2D eigenvalue weighted by Crippen LogP contribution is 2.32. The lowest BCUT2D eigenvalue weighted by Gasteiger charge is -2.37. The van der Waals surface area contributed by atoms with E-state index in [2.05, 4.69) is 47.4 Å². The van der Waals surface area contributed by atoms with Crippen LogP contribution in [0.2, 0.25) is 0 Å². The number of piperidine rings is 1. The van der Waals surface area contributed by atoms with Crippen molar-refractivity contribution in [2.45, 2.75) is 31.5 Å². The van der Waals surface area contributed by atoms with Gasteiger partial charge >= 0.3 is 12.1 Å². The Bertz CT molecular complexity index is 1390. The number of benzene rings is 3. The number of rotatable bonds is 8. The molecular formula is C31H30N2O5. The van der Waals surface area contributed by atoms with Crippen molar-refractivity contribution in [3.63, 3.8) is 0 Å². The number of esters is 1. The van der Waals surface area contributed by atoms with Crippen LogP contribution in [0.15, 0.2) is 91.3 Å². The molecule has 0 radical (unpaired) electrons. The molecule has 1 aliphatic rings. The van der Waals surface area contributed by atoms with Gasteiger partial charge in [-0.1, -0.05) is 60.7 Å². The van der Waals surface area contributed by atoms with Crippen molar-refractivity contribution in [1.82, 2.24) is 9.88 Å². The number of aromatic nitrogens is 1. The quantitative estimate of drug-likeness (QED) is 0.307. The van der Waals surface area contributed by atoms with E-state index in [4.69, 9.17) is 9.47 Å². The summed E-state index contributed by atoms with van der Waals surface area (Å²) in [5.41, 5.74) is 3.68. The number of carbonyl (C=O) groups is 2. The van der Waals surface area contributed by atoms with Crippen molar-refractivity contribution in [2.75, 3.05) is 19.7 Å². The van der Waals surface area contributed by atoms with Crippen LogP contribution in [0.3, 0.4) is 0 Å². The highest BCUT2D eigenvalue weighted by Gasteiger charge is 2.33. The fourth-order valence-corrected chi connectivity index (χ4v) is 4.93. The van der Waals surface area contributed by atoms with Gasteiger partial charge < -0.3 is 19.5 Å². The van der Waals surface area contributed by atoms with E-state index in [1.54, 1.807) is 18.3 Å². The monoisotopic (exact) mass is 510 g/mol. The molecular weight excluding hydrogens is 480 g/mol. The molecule has 2 heterocycles. The molecule has 0 aliphatic carbocycles. The number of nitrogens with zero attached hydrogens (tertiary/aromatic N) is 2. The average molecular weight is 511 g/mol. The molecule has 7 nitrogen and oxygen atoms in total. The van der Waals surface area contributed by atoms with Crippen molar-refractivity contribution in [3.8, 4) is 0 Å². The fraction of sp³-hybridized carbons (Fsp3) is 0.258. The molecule has 0 spiro atoms. The van der Waals surface area contributed by atoms with Gasteiger partial charge in [-0.25, -0.2) is 9.59 Å². The van der Waals surface area contributed by atoms with E-state index in [0.717, 1.165) is 22.1 Å². The molecule has 1 saturated heterocycles. The normalized spacial score (nSPS) is 17.3. The Morgan fingerprint density at radius 2 is 1.74 bits per heavy atom. The summed E-state index contributed by atoms with van der Waals surface area (Å²) in [7, 11) is 0. The first-order valence-corrected chi connectivity index (χ1v) is 12.8. The van der Waals surface area contributed by atoms with Crippen LogP contribution in [0.25, 0.3) is 10.8 Å². The van der Waals surface area contributed by atoms with Crippen molar-refractivity contribution >= 4 is 22.8 Å². The third-order valence-electron chi connectivity index (χ3n) is 7.04. The second-order valence-corrected chi connectivity index (χ2v) is 9.52. The lowest BCUT2D eigenvalue weighted by Crippen LogP contribution is -2.46. The summed E-state index contributed by atoms with van der Waals surface area (Å²) in [4.78, 5) is 29.2. The van der Waals surface area contributed by atoms with Crippen LogP contribution in [0.5, 0.6) is 0 Å². The standard InChI is InChI=1S/C31H30N2O5/c34-30(27-6-3-15-32-19-27)37-17-14-22-7-11-25(12-8-22)28-13-16-33(31(35)36)20-29(28)38-21-23-9-10-24-4-1-2-5-26(24)18-23/h1-12,15,18-19,28-29H,13-14,16-17,20-21H2,(H,35,36). The molecule has 38 heavy (non-hydrogen) atoms. The fourth-order valence-electron chi connectivity index (χ4n) is 4.93. The van der Waals surface area contributed by atoms with E-state index in [-0.39, 0.29) is 24.6 Å². The highest BCUT2D eigenvalue weighted by atomic mass is 16.5. The van der Waals surface area contributed by atoms with Crippen LogP contribution >= 0.6 is 0 Å². The molecule has 1 amide bonds. The minimum Gasteiger partial charge on any atom is -0.465 e. The van der Waals surface area contributed by atoms with Gasteiger partial charge in [0, 0.05) is 31.3 Å². The second-order valence-electron chi connectivity index (χ2n) is 9.52. The van der Waals surface area contributed by atoms with Crippen LogP contribution < -0.4 is 0 Å². The number of amides is 1. The van der Waals surface area contributed by atoms with Crippen LogP contribution in [-0.2, 0) is 22.5 Å². The molecule has 3 aromatic carbocycles. The molecule has 1 fully saturated rings. The highest BCUT2D eigenvalue weighted by molar-refractivity contribution is 5.88. The number of carbonyl (C=O) groups excluding carboxylic acids is 1. The smallest absolute Gasteiger partial charge is 0.407 e. The number of hydrogen-bond acceptors (Lipinski definition) is 5. The maximum Gasteiger partial charge on any atom is 0.407 e. The van der Waals surface area contributed by atoms with Crippen molar-refractivity contribution in [2.24, 2.45) is 0 Å². The molecule has 7 heteroatoms. The van der Waals surface area contributed by atoms with E-state index < -0.39 is 6.09 Å². The maximum absolute atomic E-state index is 12.1. The molecule has 1 aromatic heterocycles. The van der Waals surface area contributed by atoms with E-state index in [1.165, 1.54) is 16.5 Å². The molecule has 0 bridgehead atoms. The first kappa shape index (κ1) is 25.4. The van der Waals surface area contributed by atoms with Gasteiger partial charge in [0.15, 0.2) is 0 Å². The number of ether oxygens (including phenoxy) is 2. The molecule has 4 aromatic rings. The Kier molecular flexibility index (Phi) is 7.95. The zero-order valence-corrected chi connectivity index (χ0v) is 21.0. The third-order valence-corrected chi connectivity index (χ3v) is 7.04. The minimum absolute atomic E-state index is 0.0866. The van der Waals surface area contributed by atoms with Gasteiger partial charge in [-0.15, -0.1) is 0 Å². The second kappa shape index (κ2) is 11.9. The summed E-state index contributed by atoms with van der Waals surface area (Å²) in [5.74, 6) is -0.296. The third kappa shape index (κ3) is 6.18. The Morgan fingerprint density at radius 3 is 2.50 bits per heavy atom. The van der Waals surface area contributed by atoms with E-state index >= 15 is 0 Å². The number of fused-ring (bicyclic) bond motifs is 1. The molecule has 2 unspecified atom stereocenters. The van der Waals surface area contributed by atoms with Gasteiger partial charge in [-0.3, -0.25) is 4.98 Å². The van der Waals surface area contributed by atoms with Crippen LogP contribution in [0, 0.1) is 0 Å². The van der Waals surface area contributed by atoms with Gasteiger partial charge in [-0.05, 0) is 52.1 Å². The molecule has 1 aliphatic heterocycles. The van der Waals surface area contributed by atoms with Gasteiger partial charge in [0.25, 0.3) is 0 Å². The molecule has 194 valence electrons. The predicted octanol–water partition coefficient (Wildman–Crippen LogP) is 5.69. The summed E-state index contributed by atoms with van der Waals surface area (Å²) < 4.78 is 11.7. The number of pyridine rings is 1. The van der Waals surface area contributed by atoms with E-state index in [0.29, 0.717) is 38.1 Å². The van der Waals surface area contributed by atoms with Crippen molar-refractivity contribution < 1.29 is 24.2 Å². The largest absolute Gasteiger partial charge is 0.465 e. The zero-order chi connectivity index (χ0) is 26.3. The lowest BCUT2D eigenvalue weighted by molar-refractivity contribution is -0.0199. The predicted molar refractivity (Wildman–Crippen MR) is 144 cm³/mol. The van der Waals surface area contributed by atoms with E-state index in [9.17, 15) is 14.7 Å². The Morgan fingerprint density at radius 1 is 0.947 bits per heavy atom. The van der Waals surface area contributed by atoms with Crippen LogP contribution in [-0.4, -0.2) is 52.9 Å². The molecule has 0 saturated carbocycles. The average Bonchev–Trinajstić information content (AvgIpc) is 2.96. The van der Waals surface area contributed by atoms with Crippen LogP contribution in [0.4, 0.5) is 4.79 Å². The topological polar surface area (TPSA) is 89.0 Å². The number of likely N-dealkylation sites (tertiary alicyclic amines) is 1. The van der Waals surface area contributed by atoms with Crippen LogP contribution in [0.1, 0.15) is 39.4 Å². The van der Waals surface area contributed by atoms with Crippen molar-refractivity contribution in [1.29, 1.82) is 0 Å². The summed E-state index contributed by atoms with van der Waals surface area (Å²) in [5, 5.41) is 11.9. The van der Waals surface area contributed by atoms with Gasteiger partial charge in [0.1, 0.15) is 0 Å². The maximum atomic E-state index is 12.1. The summed E-state index contributed by atoms with van der Waals surface area (Å²) in [6.07, 6.45) is 3.23. The summed E-state index contributed by atoms with van der Waals surface area (Å²) >= 11 is 0. The Hall–Kier alpha value is -4.23. The zero-order valence-electron chi connectivity index (χ0n) is 21.0.